The van der Waals surface area contributed by atoms with Gasteiger partial charge in [0, 0.05) is 12.1 Å². The van der Waals surface area contributed by atoms with Gasteiger partial charge in [0.25, 0.3) is 0 Å². The van der Waals surface area contributed by atoms with Gasteiger partial charge in [0.2, 0.25) is 0 Å². The zero-order valence-electron chi connectivity index (χ0n) is 13.5. The van der Waals surface area contributed by atoms with Crippen molar-refractivity contribution in [3.8, 4) is 11.5 Å². The summed E-state index contributed by atoms with van der Waals surface area (Å²) in [6.07, 6.45) is 4.75. The maximum Gasteiger partial charge on any atom is 0.163 e. The number of hydrogen-bond donors (Lipinski definition) is 1. The molecule has 1 atom stereocenters. The molecule has 4 nitrogen and oxygen atoms in total. The third kappa shape index (κ3) is 3.50. The second-order valence-electron chi connectivity index (χ2n) is 6.08. The first-order valence-corrected chi connectivity index (χ1v) is 7.79. The summed E-state index contributed by atoms with van der Waals surface area (Å²) in [5.41, 5.74) is 7.27. The molecular weight excluding hydrogens is 264 g/mol. The fourth-order valence-corrected chi connectivity index (χ4v) is 3.25. The Morgan fingerprint density at radius 3 is 2.43 bits per heavy atom. The number of nitrogens with two attached hydrogens (primary N) is 1. The van der Waals surface area contributed by atoms with Crippen LogP contribution in [0.2, 0.25) is 0 Å². The van der Waals surface area contributed by atoms with Crippen molar-refractivity contribution in [2.24, 2.45) is 5.73 Å². The summed E-state index contributed by atoms with van der Waals surface area (Å²) in [7, 11) is 3.37. The van der Waals surface area contributed by atoms with Crippen molar-refractivity contribution < 1.29 is 9.47 Å². The summed E-state index contributed by atoms with van der Waals surface area (Å²) in [6, 6.07) is 6.06. The molecule has 4 heteroatoms. The normalized spacial score (nSPS) is 19.0. The molecule has 1 aromatic rings. The molecule has 0 spiro atoms. The van der Waals surface area contributed by atoms with E-state index in [2.05, 4.69) is 17.9 Å². The van der Waals surface area contributed by atoms with Crippen LogP contribution >= 0.6 is 0 Å². The highest BCUT2D eigenvalue weighted by Crippen LogP contribution is 2.34. The molecule has 1 heterocycles. The van der Waals surface area contributed by atoms with Gasteiger partial charge < -0.3 is 15.2 Å². The average molecular weight is 292 g/mol. The highest BCUT2D eigenvalue weighted by molar-refractivity contribution is 5.47. The molecule has 1 unspecified atom stereocenters. The van der Waals surface area contributed by atoms with E-state index in [0.717, 1.165) is 36.6 Å². The standard InChI is InChI=1S/C17H28N2O2/c1-17(13-18,19-10-5-4-6-11-19)12-14-8-7-9-15(20-2)16(14)21-3/h7-9H,4-6,10-13,18H2,1-3H3. The molecule has 1 aliphatic rings. The second-order valence-corrected chi connectivity index (χ2v) is 6.08. The van der Waals surface area contributed by atoms with Gasteiger partial charge in [-0.05, 0) is 50.9 Å². The molecule has 21 heavy (non-hydrogen) atoms. The van der Waals surface area contributed by atoms with Crippen molar-refractivity contribution >= 4 is 0 Å². The molecule has 0 amide bonds. The quantitative estimate of drug-likeness (QED) is 0.875. The minimum absolute atomic E-state index is 0.0277. The van der Waals surface area contributed by atoms with Gasteiger partial charge in [0.15, 0.2) is 11.5 Å². The van der Waals surface area contributed by atoms with E-state index < -0.39 is 0 Å². The van der Waals surface area contributed by atoms with Crippen molar-refractivity contribution in [3.63, 3.8) is 0 Å². The zero-order chi connectivity index (χ0) is 15.3. The lowest BCUT2D eigenvalue weighted by molar-refractivity contribution is 0.0864. The third-order valence-electron chi connectivity index (χ3n) is 4.62. The Bertz CT molecular complexity index is 458. The first kappa shape index (κ1) is 16.1. The van der Waals surface area contributed by atoms with Gasteiger partial charge in [-0.2, -0.15) is 0 Å². The SMILES string of the molecule is COc1cccc(CC(C)(CN)N2CCCCC2)c1OC. The lowest BCUT2D eigenvalue weighted by Crippen LogP contribution is -2.54. The third-order valence-corrected chi connectivity index (χ3v) is 4.62. The minimum Gasteiger partial charge on any atom is -0.493 e. The van der Waals surface area contributed by atoms with E-state index in [0.29, 0.717) is 6.54 Å². The molecule has 2 N–H and O–H groups in total. The monoisotopic (exact) mass is 292 g/mol. The summed E-state index contributed by atoms with van der Waals surface area (Å²) in [6.45, 7) is 5.19. The number of ether oxygens (including phenoxy) is 2. The molecule has 1 fully saturated rings. The van der Waals surface area contributed by atoms with Crippen molar-refractivity contribution in [1.82, 2.24) is 4.90 Å². The average Bonchev–Trinajstić information content (AvgIpc) is 2.55. The predicted octanol–water partition coefficient (Wildman–Crippen LogP) is 2.45. The lowest BCUT2D eigenvalue weighted by Gasteiger charge is -2.43. The molecule has 0 radical (unpaired) electrons. The van der Waals surface area contributed by atoms with E-state index in [-0.39, 0.29) is 5.54 Å². The molecule has 0 saturated carbocycles. The summed E-state index contributed by atoms with van der Waals surface area (Å²) in [5, 5.41) is 0. The van der Waals surface area contributed by atoms with E-state index >= 15 is 0 Å². The van der Waals surface area contributed by atoms with Crippen molar-refractivity contribution in [1.29, 1.82) is 0 Å². The van der Waals surface area contributed by atoms with Crippen LogP contribution in [0.15, 0.2) is 18.2 Å². The second kappa shape index (κ2) is 7.14. The Kier molecular flexibility index (Phi) is 5.48. The van der Waals surface area contributed by atoms with Gasteiger partial charge in [-0.3, -0.25) is 4.90 Å². The van der Waals surface area contributed by atoms with Crippen molar-refractivity contribution in [2.75, 3.05) is 33.9 Å². The van der Waals surface area contributed by atoms with Crippen LogP contribution in [0.4, 0.5) is 0 Å². The van der Waals surface area contributed by atoms with Crippen LogP contribution in [0.1, 0.15) is 31.7 Å². The van der Waals surface area contributed by atoms with E-state index in [1.54, 1.807) is 14.2 Å². The first-order chi connectivity index (χ1) is 10.1. The Balaban J connectivity index is 2.25. The van der Waals surface area contributed by atoms with E-state index in [4.69, 9.17) is 15.2 Å². The number of likely N-dealkylation sites (tertiary alicyclic amines) is 1. The molecule has 0 aromatic heterocycles. The van der Waals surface area contributed by atoms with Gasteiger partial charge in [0.1, 0.15) is 0 Å². The van der Waals surface area contributed by atoms with E-state index in [1.165, 1.54) is 19.3 Å². The Labute approximate surface area is 128 Å². The predicted molar refractivity (Wildman–Crippen MR) is 86.1 cm³/mol. The number of piperidine rings is 1. The van der Waals surface area contributed by atoms with Crippen LogP contribution in [0, 0.1) is 0 Å². The van der Waals surface area contributed by atoms with Crippen molar-refractivity contribution in [2.45, 2.75) is 38.1 Å². The maximum absolute atomic E-state index is 6.13. The van der Waals surface area contributed by atoms with E-state index in [9.17, 15) is 0 Å². The van der Waals surface area contributed by atoms with Crippen LogP contribution in [-0.4, -0.2) is 44.3 Å². The number of hydrogen-bond acceptors (Lipinski definition) is 4. The largest absolute Gasteiger partial charge is 0.493 e. The van der Waals surface area contributed by atoms with Gasteiger partial charge in [-0.25, -0.2) is 0 Å². The molecule has 0 aliphatic carbocycles. The number of benzene rings is 1. The summed E-state index contributed by atoms with van der Waals surface area (Å²) >= 11 is 0. The number of rotatable bonds is 6. The smallest absolute Gasteiger partial charge is 0.163 e. The molecule has 118 valence electrons. The Morgan fingerprint density at radius 1 is 1.14 bits per heavy atom. The molecule has 2 rings (SSSR count). The van der Waals surface area contributed by atoms with Crippen LogP contribution in [0.5, 0.6) is 11.5 Å². The van der Waals surface area contributed by atoms with Gasteiger partial charge >= 0.3 is 0 Å². The zero-order valence-corrected chi connectivity index (χ0v) is 13.5. The highest BCUT2D eigenvalue weighted by Gasteiger charge is 2.32. The first-order valence-electron chi connectivity index (χ1n) is 7.79. The summed E-state index contributed by atoms with van der Waals surface area (Å²) < 4.78 is 11.0. The topological polar surface area (TPSA) is 47.7 Å². The number of para-hydroxylation sites is 1. The van der Waals surface area contributed by atoms with Crippen LogP contribution in [-0.2, 0) is 6.42 Å². The minimum atomic E-state index is -0.0277. The van der Waals surface area contributed by atoms with E-state index in [1.807, 2.05) is 12.1 Å². The summed E-state index contributed by atoms with van der Waals surface area (Å²) in [4.78, 5) is 2.54. The highest BCUT2D eigenvalue weighted by atomic mass is 16.5. The van der Waals surface area contributed by atoms with Crippen LogP contribution < -0.4 is 15.2 Å². The molecule has 1 aromatic carbocycles. The Hall–Kier alpha value is -1.26. The molecule has 1 saturated heterocycles. The fourth-order valence-electron chi connectivity index (χ4n) is 3.25. The fraction of sp³-hybridized carbons (Fsp3) is 0.647. The van der Waals surface area contributed by atoms with Gasteiger partial charge in [-0.15, -0.1) is 0 Å². The van der Waals surface area contributed by atoms with Gasteiger partial charge in [-0.1, -0.05) is 18.6 Å². The number of nitrogens with zero attached hydrogens (tertiary/aromatic N) is 1. The number of methoxy groups -OCH3 is 2. The lowest BCUT2D eigenvalue weighted by atomic mass is 9.88. The Morgan fingerprint density at radius 2 is 1.86 bits per heavy atom. The van der Waals surface area contributed by atoms with Crippen LogP contribution in [0.3, 0.4) is 0 Å². The maximum atomic E-state index is 6.13. The van der Waals surface area contributed by atoms with Gasteiger partial charge in [0.05, 0.1) is 14.2 Å². The molecule has 1 aliphatic heterocycles. The van der Waals surface area contributed by atoms with Crippen molar-refractivity contribution in [3.05, 3.63) is 23.8 Å². The molecule has 0 bridgehead atoms. The summed E-state index contributed by atoms with van der Waals surface area (Å²) in [5.74, 6) is 1.62. The molecular formula is C17H28N2O2. The van der Waals surface area contributed by atoms with Crippen LogP contribution in [0.25, 0.3) is 0 Å².